The van der Waals surface area contributed by atoms with Crippen molar-refractivity contribution < 1.29 is 9.34 Å². The van der Waals surface area contributed by atoms with E-state index in [-0.39, 0.29) is 11.5 Å². The molecular weight excluding hydrogens is 206 g/mol. The minimum Gasteiger partial charge on any atom is -0.458 e. The summed E-state index contributed by atoms with van der Waals surface area (Å²) in [4.78, 5) is 10.4. The van der Waals surface area contributed by atoms with Crippen LogP contribution in [0.25, 0.3) is 11.8 Å². The first kappa shape index (κ1) is 10.2. The topological polar surface area (TPSA) is 56.3 Å². The Kier molecular flexibility index (Phi) is 2.82. The van der Waals surface area contributed by atoms with Gasteiger partial charge in [-0.2, -0.15) is 0 Å². The molecule has 2 rings (SSSR count). The van der Waals surface area contributed by atoms with Crippen molar-refractivity contribution in [3.05, 3.63) is 70.2 Å². The van der Waals surface area contributed by atoms with E-state index in [2.05, 4.69) is 0 Å². The van der Waals surface area contributed by atoms with Crippen molar-refractivity contribution in [3.63, 3.8) is 0 Å². The highest BCUT2D eigenvalue weighted by Crippen LogP contribution is 2.18. The van der Waals surface area contributed by atoms with Crippen LogP contribution in [0, 0.1) is 10.1 Å². The third kappa shape index (κ3) is 2.17. The molecule has 2 aromatic rings. The maximum Gasteiger partial charge on any atom is 0.312 e. The third-order valence-corrected chi connectivity index (χ3v) is 2.07. The number of hydrogen-bond acceptors (Lipinski definition) is 3. The van der Waals surface area contributed by atoms with Gasteiger partial charge in [0.1, 0.15) is 0 Å². The summed E-state index contributed by atoms with van der Waals surface area (Å²) >= 11 is 0. The smallest absolute Gasteiger partial charge is 0.312 e. The van der Waals surface area contributed by atoms with Crippen LogP contribution in [0.2, 0.25) is 0 Å². The number of nitro groups is 1. The molecule has 1 heterocycles. The van der Waals surface area contributed by atoms with Crippen LogP contribution in [0.4, 0.5) is 0 Å². The summed E-state index contributed by atoms with van der Waals surface area (Å²) in [6, 6.07) is 12.3. The monoisotopic (exact) mass is 215 g/mol. The van der Waals surface area contributed by atoms with E-state index in [1.54, 1.807) is 24.3 Å². The average molecular weight is 215 g/mol. The summed E-state index contributed by atoms with van der Waals surface area (Å²) in [7, 11) is 0. The predicted molar refractivity (Wildman–Crippen MR) is 60.0 cm³/mol. The molecule has 0 N–H and O–H groups in total. The number of rotatable bonds is 3. The van der Waals surface area contributed by atoms with Crippen molar-refractivity contribution in [2.24, 2.45) is 0 Å². The van der Waals surface area contributed by atoms with Gasteiger partial charge in [-0.15, -0.1) is 0 Å². The normalized spacial score (nSPS) is 11.4. The molecule has 0 amide bonds. The first-order valence-corrected chi connectivity index (χ1v) is 4.72. The van der Waals surface area contributed by atoms with Crippen LogP contribution in [0.15, 0.2) is 53.1 Å². The van der Waals surface area contributed by atoms with E-state index in [4.69, 9.17) is 4.42 Å². The summed E-state index contributed by atoms with van der Waals surface area (Å²) in [6.07, 6.45) is 2.90. The van der Waals surface area contributed by atoms with Crippen LogP contribution in [-0.4, -0.2) is 4.92 Å². The van der Waals surface area contributed by atoms with Crippen molar-refractivity contribution in [3.8, 4) is 0 Å². The first-order valence-electron chi connectivity index (χ1n) is 4.72. The van der Waals surface area contributed by atoms with Crippen molar-refractivity contribution >= 4 is 11.8 Å². The highest BCUT2D eigenvalue weighted by Gasteiger charge is 2.16. The van der Waals surface area contributed by atoms with Gasteiger partial charge in [0.15, 0.2) is 0 Å². The van der Waals surface area contributed by atoms with Gasteiger partial charge in [-0.25, -0.2) is 0 Å². The molecular formula is C12H9NO3. The van der Waals surface area contributed by atoms with Crippen LogP contribution >= 0.6 is 0 Å². The van der Waals surface area contributed by atoms with E-state index in [1.165, 1.54) is 12.3 Å². The lowest BCUT2D eigenvalue weighted by Crippen LogP contribution is -1.96. The largest absolute Gasteiger partial charge is 0.458 e. The molecule has 0 radical (unpaired) electrons. The second kappa shape index (κ2) is 4.44. The van der Waals surface area contributed by atoms with Crippen LogP contribution in [0.5, 0.6) is 0 Å². The Morgan fingerprint density at radius 1 is 1.19 bits per heavy atom. The molecule has 0 atom stereocenters. The molecule has 4 heteroatoms. The minimum absolute atomic E-state index is 0.0452. The molecule has 0 spiro atoms. The Balaban J connectivity index is 2.42. The van der Waals surface area contributed by atoms with Crippen LogP contribution in [-0.2, 0) is 0 Å². The summed E-state index contributed by atoms with van der Waals surface area (Å²) in [6.45, 7) is 0. The van der Waals surface area contributed by atoms with Gasteiger partial charge in [0.2, 0.25) is 5.76 Å². The number of hydrogen-bond donors (Lipinski definition) is 0. The van der Waals surface area contributed by atoms with E-state index < -0.39 is 4.92 Å². The van der Waals surface area contributed by atoms with E-state index in [0.717, 1.165) is 5.56 Å². The lowest BCUT2D eigenvalue weighted by molar-refractivity contribution is -0.375. The Morgan fingerprint density at radius 3 is 2.50 bits per heavy atom. The molecule has 0 fully saturated rings. The average Bonchev–Trinajstić information content (AvgIpc) is 2.80. The first-order chi connectivity index (χ1) is 7.77. The fourth-order valence-corrected chi connectivity index (χ4v) is 1.35. The van der Waals surface area contributed by atoms with Gasteiger partial charge in [0, 0.05) is 6.08 Å². The summed E-state index contributed by atoms with van der Waals surface area (Å²) in [5.41, 5.74) is 0.724. The summed E-state index contributed by atoms with van der Waals surface area (Å²) < 4.78 is 5.02. The minimum atomic E-state index is -0.453. The highest BCUT2D eigenvalue weighted by molar-refractivity contribution is 5.73. The predicted octanol–water partition coefficient (Wildman–Crippen LogP) is 3.05. The summed E-state index contributed by atoms with van der Waals surface area (Å²) in [5.74, 6) is 0.258. The van der Waals surface area contributed by atoms with Crippen LogP contribution in [0.3, 0.4) is 0 Å². The molecule has 1 aromatic carbocycles. The lowest BCUT2D eigenvalue weighted by Gasteiger charge is -1.95. The maximum absolute atomic E-state index is 10.9. The Bertz CT molecular complexity index is 500. The molecule has 80 valence electrons. The van der Waals surface area contributed by atoms with Gasteiger partial charge in [-0.05, 0) is 17.7 Å². The van der Waals surface area contributed by atoms with E-state index >= 15 is 0 Å². The van der Waals surface area contributed by atoms with E-state index in [1.807, 2.05) is 18.2 Å². The van der Waals surface area contributed by atoms with Crippen molar-refractivity contribution in [2.75, 3.05) is 0 Å². The molecule has 4 nitrogen and oxygen atoms in total. The molecule has 0 aliphatic heterocycles. The zero-order chi connectivity index (χ0) is 11.4. The van der Waals surface area contributed by atoms with Crippen LogP contribution < -0.4 is 0 Å². The molecule has 0 bridgehead atoms. The standard InChI is InChI=1S/C12H9NO3/c14-13(15)11(12-7-4-8-16-12)9-10-5-2-1-3-6-10/h1-9H. The third-order valence-electron chi connectivity index (χ3n) is 2.07. The zero-order valence-corrected chi connectivity index (χ0v) is 8.37. The molecule has 0 saturated heterocycles. The maximum atomic E-state index is 10.9. The molecule has 0 aliphatic rings. The van der Waals surface area contributed by atoms with E-state index in [0.29, 0.717) is 0 Å². The fraction of sp³-hybridized carbons (Fsp3) is 0. The van der Waals surface area contributed by atoms with Gasteiger partial charge in [0.05, 0.1) is 11.2 Å². The lowest BCUT2D eigenvalue weighted by atomic mass is 10.2. The Labute approximate surface area is 92.0 Å². The van der Waals surface area contributed by atoms with Gasteiger partial charge in [-0.1, -0.05) is 30.3 Å². The van der Waals surface area contributed by atoms with E-state index in [9.17, 15) is 10.1 Å². The molecule has 1 aromatic heterocycles. The fourth-order valence-electron chi connectivity index (χ4n) is 1.35. The molecule has 0 aliphatic carbocycles. The van der Waals surface area contributed by atoms with Crippen molar-refractivity contribution in [1.29, 1.82) is 0 Å². The number of nitrogens with zero attached hydrogens (tertiary/aromatic N) is 1. The van der Waals surface area contributed by atoms with Gasteiger partial charge >= 0.3 is 5.70 Å². The SMILES string of the molecule is O=[N+]([O-])C(=Cc1ccccc1)c1ccco1. The zero-order valence-electron chi connectivity index (χ0n) is 8.37. The molecule has 0 unspecified atom stereocenters. The second-order valence-electron chi connectivity index (χ2n) is 3.17. The van der Waals surface area contributed by atoms with Crippen LogP contribution in [0.1, 0.15) is 11.3 Å². The quantitative estimate of drug-likeness (QED) is 0.584. The summed E-state index contributed by atoms with van der Waals surface area (Å²) in [5, 5.41) is 10.9. The van der Waals surface area contributed by atoms with Gasteiger partial charge in [0.25, 0.3) is 0 Å². The molecule has 16 heavy (non-hydrogen) atoms. The Hall–Kier alpha value is -2.36. The number of benzene rings is 1. The van der Waals surface area contributed by atoms with Crippen molar-refractivity contribution in [2.45, 2.75) is 0 Å². The van der Waals surface area contributed by atoms with Gasteiger partial charge in [-0.3, -0.25) is 10.1 Å². The van der Waals surface area contributed by atoms with Crippen molar-refractivity contribution in [1.82, 2.24) is 0 Å². The highest BCUT2D eigenvalue weighted by atomic mass is 16.6. The second-order valence-corrected chi connectivity index (χ2v) is 3.17. The molecule has 0 saturated carbocycles. The Morgan fingerprint density at radius 2 is 1.94 bits per heavy atom. The van der Waals surface area contributed by atoms with Gasteiger partial charge < -0.3 is 4.42 Å². The number of furan rings is 1.